The van der Waals surface area contributed by atoms with E-state index in [1.165, 1.54) is 17.0 Å². The fraction of sp³-hybridized carbons (Fsp3) is 0.211. The summed E-state index contributed by atoms with van der Waals surface area (Å²) < 4.78 is 7.02. The van der Waals surface area contributed by atoms with Crippen molar-refractivity contribution in [3.8, 4) is 5.75 Å². The van der Waals surface area contributed by atoms with E-state index < -0.39 is 0 Å². The predicted molar refractivity (Wildman–Crippen MR) is 109 cm³/mol. The highest BCUT2D eigenvalue weighted by Crippen LogP contribution is 2.20. The summed E-state index contributed by atoms with van der Waals surface area (Å²) in [4.78, 5) is 10.9. The van der Waals surface area contributed by atoms with Gasteiger partial charge in [-0.05, 0) is 36.3 Å². The Kier molecular flexibility index (Phi) is 5.95. The van der Waals surface area contributed by atoms with Crippen LogP contribution in [0.15, 0.2) is 47.6 Å². The minimum absolute atomic E-state index is 0.0840. The van der Waals surface area contributed by atoms with E-state index in [-0.39, 0.29) is 10.6 Å². The SMILES string of the molecule is CCc1ccc(/C=N\n2c(Cc3ccc(OC)cc3)n[nH]c2=S)cc1[N+](=O)[O-]. The number of rotatable bonds is 7. The molecule has 0 fully saturated rings. The molecule has 0 spiro atoms. The number of nitrogens with one attached hydrogen (secondary N) is 1. The first-order chi connectivity index (χ1) is 13.5. The molecule has 0 aliphatic carbocycles. The average molecular weight is 397 g/mol. The van der Waals surface area contributed by atoms with Gasteiger partial charge in [0.15, 0.2) is 5.82 Å². The second-order valence-electron chi connectivity index (χ2n) is 6.03. The Hall–Kier alpha value is -3.33. The number of ether oxygens (including phenoxy) is 1. The molecule has 0 aliphatic heterocycles. The van der Waals surface area contributed by atoms with Gasteiger partial charge in [-0.2, -0.15) is 14.9 Å². The van der Waals surface area contributed by atoms with Crippen LogP contribution in [-0.4, -0.2) is 33.1 Å². The van der Waals surface area contributed by atoms with Crippen LogP contribution in [0.3, 0.4) is 0 Å². The Balaban J connectivity index is 1.86. The lowest BCUT2D eigenvalue weighted by atomic mass is 10.1. The molecule has 144 valence electrons. The summed E-state index contributed by atoms with van der Waals surface area (Å²) in [6.07, 6.45) is 2.64. The van der Waals surface area contributed by atoms with Crippen molar-refractivity contribution in [1.29, 1.82) is 0 Å². The lowest BCUT2D eigenvalue weighted by molar-refractivity contribution is -0.385. The number of nitro groups is 1. The van der Waals surface area contributed by atoms with Gasteiger partial charge in [0.05, 0.1) is 18.2 Å². The van der Waals surface area contributed by atoms with Gasteiger partial charge < -0.3 is 4.74 Å². The van der Waals surface area contributed by atoms with Crippen LogP contribution in [-0.2, 0) is 12.8 Å². The number of aryl methyl sites for hydroxylation is 1. The summed E-state index contributed by atoms with van der Waals surface area (Å²) >= 11 is 5.25. The molecule has 3 rings (SSSR count). The zero-order chi connectivity index (χ0) is 20.1. The normalized spacial score (nSPS) is 11.1. The standard InChI is InChI=1S/C19H19N5O3S/c1-3-15-7-4-14(10-17(15)24(25)26)12-20-23-18(21-22-19(23)28)11-13-5-8-16(27-2)9-6-13/h4-10,12H,3,11H2,1-2H3,(H,22,28)/b20-12-. The molecule has 1 heterocycles. The highest BCUT2D eigenvalue weighted by atomic mass is 32.1. The molecule has 28 heavy (non-hydrogen) atoms. The highest BCUT2D eigenvalue weighted by molar-refractivity contribution is 7.71. The van der Waals surface area contributed by atoms with Crippen molar-refractivity contribution in [2.45, 2.75) is 19.8 Å². The van der Waals surface area contributed by atoms with E-state index in [9.17, 15) is 10.1 Å². The predicted octanol–water partition coefficient (Wildman–Crippen LogP) is 3.89. The van der Waals surface area contributed by atoms with Crippen molar-refractivity contribution in [3.63, 3.8) is 0 Å². The number of benzene rings is 2. The summed E-state index contributed by atoms with van der Waals surface area (Å²) in [5.41, 5.74) is 2.40. The monoisotopic (exact) mass is 397 g/mol. The highest BCUT2D eigenvalue weighted by Gasteiger charge is 2.12. The molecule has 0 radical (unpaired) electrons. The van der Waals surface area contributed by atoms with Crippen LogP contribution in [0, 0.1) is 14.9 Å². The molecule has 0 atom stereocenters. The Morgan fingerprint density at radius 1 is 1.32 bits per heavy atom. The van der Waals surface area contributed by atoms with Crippen LogP contribution < -0.4 is 4.74 Å². The smallest absolute Gasteiger partial charge is 0.273 e. The number of hydrogen-bond donors (Lipinski definition) is 1. The molecule has 1 N–H and O–H groups in total. The lowest BCUT2D eigenvalue weighted by Crippen LogP contribution is -2.01. The van der Waals surface area contributed by atoms with Crippen molar-refractivity contribution >= 4 is 24.1 Å². The first kappa shape index (κ1) is 19.4. The van der Waals surface area contributed by atoms with Crippen molar-refractivity contribution in [1.82, 2.24) is 14.9 Å². The van der Waals surface area contributed by atoms with E-state index in [2.05, 4.69) is 15.3 Å². The number of methoxy groups -OCH3 is 1. The Bertz CT molecular complexity index is 1070. The molecule has 0 bridgehead atoms. The third kappa shape index (κ3) is 4.32. The largest absolute Gasteiger partial charge is 0.497 e. The van der Waals surface area contributed by atoms with E-state index >= 15 is 0 Å². The quantitative estimate of drug-likeness (QED) is 0.282. The number of aromatic nitrogens is 3. The molecule has 9 heteroatoms. The second-order valence-corrected chi connectivity index (χ2v) is 6.41. The van der Waals surface area contributed by atoms with Gasteiger partial charge >= 0.3 is 0 Å². The van der Waals surface area contributed by atoms with Crippen molar-refractivity contribution < 1.29 is 9.66 Å². The molecule has 0 unspecified atom stereocenters. The third-order valence-corrected chi connectivity index (χ3v) is 4.51. The second kappa shape index (κ2) is 8.57. The summed E-state index contributed by atoms with van der Waals surface area (Å²) in [6.45, 7) is 1.88. The Labute approximate surface area is 166 Å². The first-order valence-electron chi connectivity index (χ1n) is 8.62. The van der Waals surface area contributed by atoms with Gasteiger partial charge in [-0.1, -0.05) is 31.2 Å². The lowest BCUT2D eigenvalue weighted by Gasteiger charge is -2.04. The molecule has 1 aromatic heterocycles. The van der Waals surface area contributed by atoms with Crippen LogP contribution in [0.25, 0.3) is 0 Å². The average Bonchev–Trinajstić information content (AvgIpc) is 3.06. The van der Waals surface area contributed by atoms with E-state index in [1.807, 2.05) is 31.2 Å². The van der Waals surface area contributed by atoms with E-state index in [4.69, 9.17) is 17.0 Å². The number of aromatic amines is 1. The molecule has 2 aromatic carbocycles. The number of nitro benzene ring substituents is 1. The molecule has 0 saturated heterocycles. The minimum atomic E-state index is -0.380. The van der Waals surface area contributed by atoms with E-state index in [0.29, 0.717) is 34.6 Å². The van der Waals surface area contributed by atoms with Gasteiger partial charge in [-0.25, -0.2) is 0 Å². The molecule has 0 saturated carbocycles. The van der Waals surface area contributed by atoms with E-state index in [0.717, 1.165) is 11.3 Å². The minimum Gasteiger partial charge on any atom is -0.497 e. The summed E-state index contributed by atoms with van der Waals surface area (Å²) in [5, 5.41) is 22.6. The summed E-state index contributed by atoms with van der Waals surface area (Å²) in [5.74, 6) is 1.41. The third-order valence-electron chi connectivity index (χ3n) is 4.25. The van der Waals surface area contributed by atoms with Gasteiger partial charge in [0.2, 0.25) is 4.77 Å². The first-order valence-corrected chi connectivity index (χ1v) is 9.03. The van der Waals surface area contributed by atoms with Crippen LogP contribution in [0.2, 0.25) is 0 Å². The van der Waals surface area contributed by atoms with Crippen LogP contribution in [0.5, 0.6) is 5.75 Å². The van der Waals surface area contributed by atoms with Gasteiger partial charge in [-0.3, -0.25) is 15.2 Å². The zero-order valence-electron chi connectivity index (χ0n) is 15.5. The van der Waals surface area contributed by atoms with Gasteiger partial charge in [0.25, 0.3) is 5.69 Å². The number of nitrogens with zero attached hydrogens (tertiary/aromatic N) is 4. The van der Waals surface area contributed by atoms with Gasteiger partial charge in [-0.15, -0.1) is 0 Å². The van der Waals surface area contributed by atoms with Crippen LogP contribution >= 0.6 is 12.2 Å². The Morgan fingerprint density at radius 2 is 2.07 bits per heavy atom. The number of H-pyrrole nitrogens is 1. The maximum absolute atomic E-state index is 11.2. The van der Waals surface area contributed by atoms with Gasteiger partial charge in [0, 0.05) is 23.6 Å². The summed E-state index contributed by atoms with van der Waals surface area (Å²) in [7, 11) is 1.62. The summed E-state index contributed by atoms with van der Waals surface area (Å²) in [6, 6.07) is 12.7. The molecule has 0 amide bonds. The molecular weight excluding hydrogens is 378 g/mol. The fourth-order valence-electron chi connectivity index (χ4n) is 2.74. The fourth-order valence-corrected chi connectivity index (χ4v) is 2.94. The maximum Gasteiger partial charge on any atom is 0.273 e. The topological polar surface area (TPSA) is 98.3 Å². The Morgan fingerprint density at radius 3 is 2.71 bits per heavy atom. The van der Waals surface area contributed by atoms with Crippen molar-refractivity contribution in [2.75, 3.05) is 7.11 Å². The molecule has 0 aliphatic rings. The van der Waals surface area contributed by atoms with Crippen molar-refractivity contribution in [3.05, 3.63) is 79.9 Å². The molecular formula is C19H19N5O3S. The molecule has 8 nitrogen and oxygen atoms in total. The zero-order valence-corrected chi connectivity index (χ0v) is 16.3. The van der Waals surface area contributed by atoms with E-state index in [1.54, 1.807) is 19.2 Å². The number of hydrogen-bond acceptors (Lipinski definition) is 6. The van der Waals surface area contributed by atoms with Crippen LogP contribution in [0.4, 0.5) is 5.69 Å². The van der Waals surface area contributed by atoms with Crippen LogP contribution in [0.1, 0.15) is 29.4 Å². The maximum atomic E-state index is 11.2. The van der Waals surface area contributed by atoms with Crippen molar-refractivity contribution in [2.24, 2.45) is 5.10 Å². The molecule has 3 aromatic rings. The van der Waals surface area contributed by atoms with Gasteiger partial charge in [0.1, 0.15) is 5.75 Å².